The van der Waals surface area contributed by atoms with E-state index in [1.54, 1.807) is 0 Å². The van der Waals surface area contributed by atoms with Gasteiger partial charge in [0.05, 0.1) is 26.8 Å². The summed E-state index contributed by atoms with van der Waals surface area (Å²) in [6.07, 6.45) is -0.0220. The highest BCUT2D eigenvalue weighted by molar-refractivity contribution is 8.15. The lowest BCUT2D eigenvalue weighted by Crippen LogP contribution is -2.28. The number of halogens is 3. The molecule has 1 heterocycles. The first kappa shape index (κ1) is 21.0. The fourth-order valence-corrected chi connectivity index (χ4v) is 4.21. The van der Waals surface area contributed by atoms with Crippen LogP contribution < -0.4 is 10.6 Å². The molecule has 2 N–H and O–H groups in total. The van der Waals surface area contributed by atoms with Crippen LogP contribution in [-0.4, -0.2) is 22.2 Å². The predicted octanol–water partition coefficient (Wildman–Crippen LogP) is 5.32. The van der Waals surface area contributed by atoms with Crippen LogP contribution >= 0.6 is 46.6 Å². The van der Waals surface area contributed by atoms with Crippen molar-refractivity contribution in [3.63, 3.8) is 0 Å². The third-order valence-electron chi connectivity index (χ3n) is 4.02. The average Bonchev–Trinajstić information content (AvgIpc) is 2.99. The highest BCUT2D eigenvalue weighted by Gasteiger charge is 2.32. The summed E-state index contributed by atoms with van der Waals surface area (Å²) in [5.74, 6) is -0.607. The number of amides is 2. The van der Waals surface area contributed by atoms with Crippen LogP contribution in [0.25, 0.3) is 0 Å². The molecular weight excluding hydrogens is 441 g/mol. The normalized spacial score (nSPS) is 18.8. The van der Waals surface area contributed by atoms with Crippen LogP contribution in [0.3, 0.4) is 0 Å². The van der Waals surface area contributed by atoms with Crippen LogP contribution in [0, 0.1) is 0 Å². The maximum Gasteiger partial charge on any atom is 0.240 e. The number of benzene rings is 2. The first-order chi connectivity index (χ1) is 13.3. The summed E-state index contributed by atoms with van der Waals surface area (Å²) in [5.41, 5.74) is 1.39. The number of nitrogens with zero attached hydrogens (tertiary/aromatic N) is 1. The Bertz CT molecular complexity index is 938. The number of amidine groups is 1. The van der Waals surface area contributed by atoms with E-state index < -0.39 is 5.25 Å². The van der Waals surface area contributed by atoms with E-state index in [2.05, 4.69) is 15.6 Å². The number of thioether (sulfide) groups is 1. The van der Waals surface area contributed by atoms with Gasteiger partial charge in [0.1, 0.15) is 5.25 Å². The first-order valence-corrected chi connectivity index (χ1v) is 10.4. The molecule has 1 fully saturated rings. The van der Waals surface area contributed by atoms with Gasteiger partial charge in [0, 0.05) is 6.42 Å². The second-order valence-corrected chi connectivity index (χ2v) is 8.53. The molecule has 1 aliphatic heterocycles. The fraction of sp³-hybridized carbons (Fsp3) is 0.211. The highest BCUT2D eigenvalue weighted by Crippen LogP contribution is 2.33. The third-order valence-corrected chi connectivity index (χ3v) is 6.16. The number of hydrogen-bond acceptors (Lipinski definition) is 4. The number of rotatable bonds is 5. The number of aliphatic imine (C=N–C) groups is 1. The van der Waals surface area contributed by atoms with Crippen molar-refractivity contribution in [1.82, 2.24) is 5.32 Å². The standard InChI is InChI=1S/C19H16Cl3N3O2S/c1-10(11-5-3-2-4-6-11)23-19-25-18(27)16(28-19)9-17(26)24-15-8-13(21)12(20)7-14(15)22/h2-8,10,16H,9H2,1H3,(H,24,26)(H,23,25,27). The van der Waals surface area contributed by atoms with Gasteiger partial charge in [-0.05, 0) is 24.6 Å². The molecule has 2 aromatic rings. The largest absolute Gasteiger partial charge is 0.325 e. The van der Waals surface area contributed by atoms with E-state index in [9.17, 15) is 9.59 Å². The van der Waals surface area contributed by atoms with Gasteiger partial charge in [-0.25, -0.2) is 0 Å². The molecule has 0 radical (unpaired) electrons. The van der Waals surface area contributed by atoms with Crippen molar-refractivity contribution in [2.75, 3.05) is 5.32 Å². The topological polar surface area (TPSA) is 70.6 Å². The fourth-order valence-electron chi connectivity index (χ4n) is 2.57. The van der Waals surface area contributed by atoms with Crippen molar-refractivity contribution in [1.29, 1.82) is 0 Å². The van der Waals surface area contributed by atoms with E-state index in [0.29, 0.717) is 15.9 Å². The van der Waals surface area contributed by atoms with E-state index in [-0.39, 0.29) is 34.3 Å². The van der Waals surface area contributed by atoms with Gasteiger partial charge >= 0.3 is 0 Å². The molecule has 0 spiro atoms. The SMILES string of the molecule is CC(N=C1NC(=O)C(CC(=O)Nc2cc(Cl)c(Cl)cc2Cl)S1)c1ccccc1. The molecule has 1 saturated heterocycles. The zero-order valence-corrected chi connectivity index (χ0v) is 17.8. The molecule has 146 valence electrons. The van der Waals surface area contributed by atoms with Crippen LogP contribution in [0.15, 0.2) is 47.5 Å². The molecule has 2 aromatic carbocycles. The van der Waals surface area contributed by atoms with E-state index in [0.717, 1.165) is 5.56 Å². The van der Waals surface area contributed by atoms with Gasteiger partial charge < -0.3 is 10.6 Å². The van der Waals surface area contributed by atoms with Gasteiger partial charge in [0.2, 0.25) is 11.8 Å². The number of carbonyl (C=O) groups is 2. The van der Waals surface area contributed by atoms with Crippen LogP contribution in [0.5, 0.6) is 0 Å². The Morgan fingerprint density at radius 2 is 1.86 bits per heavy atom. The lowest BCUT2D eigenvalue weighted by molar-refractivity contribution is -0.122. The second kappa shape index (κ2) is 9.18. The Kier molecular flexibility index (Phi) is 6.88. The summed E-state index contributed by atoms with van der Waals surface area (Å²) in [5, 5.41) is 6.17. The highest BCUT2D eigenvalue weighted by atomic mass is 35.5. The Morgan fingerprint density at radius 1 is 1.18 bits per heavy atom. The second-order valence-electron chi connectivity index (χ2n) is 6.12. The summed E-state index contributed by atoms with van der Waals surface area (Å²) < 4.78 is 0. The van der Waals surface area contributed by atoms with Crippen molar-refractivity contribution in [2.24, 2.45) is 4.99 Å². The molecule has 1 aliphatic rings. The molecule has 9 heteroatoms. The van der Waals surface area contributed by atoms with Gasteiger partial charge in [0.15, 0.2) is 5.17 Å². The van der Waals surface area contributed by atoms with Gasteiger partial charge in [-0.2, -0.15) is 0 Å². The minimum Gasteiger partial charge on any atom is -0.325 e. The van der Waals surface area contributed by atoms with E-state index in [1.807, 2.05) is 37.3 Å². The number of anilines is 1. The average molecular weight is 457 g/mol. The van der Waals surface area contributed by atoms with Crippen molar-refractivity contribution >= 4 is 69.2 Å². The lowest BCUT2D eigenvalue weighted by atomic mass is 10.1. The summed E-state index contributed by atoms with van der Waals surface area (Å²) >= 11 is 19.1. The van der Waals surface area contributed by atoms with Gasteiger partial charge in [-0.15, -0.1) is 0 Å². The van der Waals surface area contributed by atoms with Crippen LogP contribution in [0.1, 0.15) is 24.9 Å². The van der Waals surface area contributed by atoms with Crippen molar-refractivity contribution in [2.45, 2.75) is 24.6 Å². The maximum atomic E-state index is 12.3. The van der Waals surface area contributed by atoms with Gasteiger partial charge in [-0.3, -0.25) is 14.6 Å². The molecule has 0 saturated carbocycles. The van der Waals surface area contributed by atoms with Crippen molar-refractivity contribution in [3.8, 4) is 0 Å². The van der Waals surface area contributed by atoms with Gasteiger partial charge in [-0.1, -0.05) is 76.9 Å². The van der Waals surface area contributed by atoms with Crippen LogP contribution in [0.2, 0.25) is 15.1 Å². The number of hydrogen-bond donors (Lipinski definition) is 2. The van der Waals surface area contributed by atoms with E-state index in [1.165, 1.54) is 23.9 Å². The Balaban J connectivity index is 1.62. The minimum atomic E-state index is -0.566. The molecule has 2 unspecified atom stereocenters. The molecule has 0 bridgehead atoms. The zero-order valence-electron chi connectivity index (χ0n) is 14.7. The van der Waals surface area contributed by atoms with Crippen LogP contribution in [-0.2, 0) is 9.59 Å². The Hall–Kier alpha value is -1.73. The summed E-state index contributed by atoms with van der Waals surface area (Å²) in [7, 11) is 0. The van der Waals surface area contributed by atoms with E-state index >= 15 is 0 Å². The summed E-state index contributed by atoms with van der Waals surface area (Å²) in [6, 6.07) is 12.6. The quantitative estimate of drug-likeness (QED) is 0.598. The zero-order chi connectivity index (χ0) is 20.3. The molecular formula is C19H16Cl3N3O2S. The minimum absolute atomic E-state index is 0.0220. The molecule has 2 amide bonds. The van der Waals surface area contributed by atoms with Crippen molar-refractivity contribution in [3.05, 3.63) is 63.1 Å². The van der Waals surface area contributed by atoms with Gasteiger partial charge in [0.25, 0.3) is 0 Å². The predicted molar refractivity (Wildman–Crippen MR) is 117 cm³/mol. The summed E-state index contributed by atoms with van der Waals surface area (Å²) in [6.45, 7) is 1.95. The lowest BCUT2D eigenvalue weighted by Gasteiger charge is -2.10. The molecule has 5 nitrogen and oxygen atoms in total. The summed E-state index contributed by atoms with van der Waals surface area (Å²) in [4.78, 5) is 29.1. The maximum absolute atomic E-state index is 12.3. The van der Waals surface area contributed by atoms with Crippen LogP contribution in [0.4, 0.5) is 5.69 Å². The third kappa shape index (κ3) is 5.20. The Morgan fingerprint density at radius 3 is 2.57 bits per heavy atom. The first-order valence-electron chi connectivity index (χ1n) is 8.38. The number of carbonyl (C=O) groups excluding carboxylic acids is 2. The monoisotopic (exact) mass is 455 g/mol. The molecule has 2 atom stereocenters. The Labute approximate surface area is 181 Å². The van der Waals surface area contributed by atoms with E-state index in [4.69, 9.17) is 34.8 Å². The smallest absolute Gasteiger partial charge is 0.240 e. The molecule has 0 aliphatic carbocycles. The number of nitrogens with one attached hydrogen (secondary N) is 2. The molecule has 0 aromatic heterocycles. The van der Waals surface area contributed by atoms with Crippen molar-refractivity contribution < 1.29 is 9.59 Å². The molecule has 28 heavy (non-hydrogen) atoms. The molecule has 3 rings (SSSR count).